The number of carbonyl (C=O) groups excluding carboxylic acids is 1. The molecule has 0 aliphatic rings. The summed E-state index contributed by atoms with van der Waals surface area (Å²) in [4.78, 5) is 34.5. The van der Waals surface area contributed by atoms with Gasteiger partial charge in [0.05, 0.1) is 12.8 Å². The van der Waals surface area contributed by atoms with E-state index in [0.717, 1.165) is 0 Å². The fourth-order valence-corrected chi connectivity index (χ4v) is 1.23. The van der Waals surface area contributed by atoms with E-state index < -0.39 is 52.3 Å². The van der Waals surface area contributed by atoms with Gasteiger partial charge in [-0.1, -0.05) is 0 Å². The first-order chi connectivity index (χ1) is 9.12. The van der Waals surface area contributed by atoms with Gasteiger partial charge in [0.15, 0.2) is 6.10 Å². The van der Waals surface area contributed by atoms with Gasteiger partial charge in [-0.15, -0.1) is 0 Å². The van der Waals surface area contributed by atoms with Crippen molar-refractivity contribution in [1.82, 2.24) is 9.55 Å². The Morgan fingerprint density at radius 3 is 2.45 bits per heavy atom. The third-order valence-electron chi connectivity index (χ3n) is 2.33. The van der Waals surface area contributed by atoms with Gasteiger partial charge in [-0.05, 0) is 0 Å². The fourth-order valence-electron chi connectivity index (χ4n) is 1.23. The average molecular weight is 298 g/mol. The molecule has 0 bridgehead atoms. The summed E-state index contributed by atoms with van der Waals surface area (Å²) < 4.78 is 39.4. The first kappa shape index (κ1) is 16.1. The van der Waals surface area contributed by atoms with Crippen molar-refractivity contribution in [2.24, 2.45) is 0 Å². The molecule has 4 N–H and O–H groups in total. The summed E-state index contributed by atoms with van der Waals surface area (Å²) in [6, 6.07) is 0. The van der Waals surface area contributed by atoms with Crippen LogP contribution in [-0.4, -0.2) is 55.5 Å². The first-order valence-corrected chi connectivity index (χ1v) is 5.04. The van der Waals surface area contributed by atoms with Gasteiger partial charge in [0, 0.05) is 0 Å². The maximum absolute atomic E-state index is 13.5. The Morgan fingerprint density at radius 2 is 1.95 bits per heavy atom. The molecule has 8 nitrogen and oxygen atoms in total. The number of aliphatic hydroxyl groups excluding tert-OH is 3. The van der Waals surface area contributed by atoms with E-state index in [4.69, 9.17) is 15.3 Å². The molecule has 1 rings (SSSR count). The third-order valence-corrected chi connectivity index (χ3v) is 2.33. The van der Waals surface area contributed by atoms with Crippen LogP contribution in [0.25, 0.3) is 0 Å². The number of halogens is 3. The van der Waals surface area contributed by atoms with Gasteiger partial charge in [0.1, 0.15) is 6.10 Å². The Hall–Kier alpha value is -1.98. The summed E-state index contributed by atoms with van der Waals surface area (Å²) >= 11 is 0. The quantitative estimate of drug-likeness (QED) is 0.492. The molecule has 1 heterocycles. The maximum atomic E-state index is 13.5. The molecule has 20 heavy (non-hydrogen) atoms. The van der Waals surface area contributed by atoms with Crippen LogP contribution in [0.1, 0.15) is 4.79 Å². The lowest BCUT2D eigenvalue weighted by Crippen LogP contribution is -2.53. The van der Waals surface area contributed by atoms with E-state index in [1.165, 1.54) is 4.98 Å². The van der Waals surface area contributed by atoms with Crippen molar-refractivity contribution < 1.29 is 33.3 Å². The van der Waals surface area contributed by atoms with Crippen molar-refractivity contribution in [3.8, 4) is 0 Å². The maximum Gasteiger partial charge on any atom is 0.353 e. The minimum Gasteiger partial charge on any atom is -0.394 e. The summed E-state index contributed by atoms with van der Waals surface area (Å²) in [5.74, 6) is -8.75. The number of H-pyrrole nitrogens is 1. The van der Waals surface area contributed by atoms with Crippen LogP contribution in [0.2, 0.25) is 0 Å². The van der Waals surface area contributed by atoms with E-state index in [1.807, 2.05) is 0 Å². The van der Waals surface area contributed by atoms with Gasteiger partial charge in [0.2, 0.25) is 5.82 Å². The Balaban J connectivity index is 3.27. The first-order valence-electron chi connectivity index (χ1n) is 5.04. The van der Waals surface area contributed by atoms with E-state index in [-0.39, 0.29) is 6.20 Å². The SMILES string of the molecule is O=C(n1cc(F)c(=O)[nH]c1=O)C(F)(F)[C@H](O)[C@H](O)CO. The second-order valence-electron chi connectivity index (χ2n) is 3.73. The molecule has 0 saturated carbocycles. The number of aromatic nitrogens is 2. The molecule has 0 saturated heterocycles. The van der Waals surface area contributed by atoms with Gasteiger partial charge < -0.3 is 15.3 Å². The van der Waals surface area contributed by atoms with E-state index in [9.17, 15) is 27.6 Å². The number of hydrogen-bond acceptors (Lipinski definition) is 6. The second-order valence-corrected chi connectivity index (χ2v) is 3.73. The van der Waals surface area contributed by atoms with Crippen LogP contribution < -0.4 is 11.2 Å². The smallest absolute Gasteiger partial charge is 0.353 e. The third kappa shape index (κ3) is 2.79. The molecule has 0 spiro atoms. The van der Waals surface area contributed by atoms with Crippen molar-refractivity contribution >= 4 is 5.91 Å². The van der Waals surface area contributed by atoms with Crippen LogP contribution >= 0.6 is 0 Å². The molecule has 1 aromatic heterocycles. The largest absolute Gasteiger partial charge is 0.394 e. The number of hydrogen-bond donors (Lipinski definition) is 4. The van der Waals surface area contributed by atoms with E-state index in [1.54, 1.807) is 0 Å². The van der Waals surface area contributed by atoms with Crippen LogP contribution in [0, 0.1) is 5.82 Å². The topological polar surface area (TPSA) is 133 Å². The number of rotatable bonds is 4. The fraction of sp³-hybridized carbons (Fsp3) is 0.444. The van der Waals surface area contributed by atoms with Crippen molar-refractivity contribution in [2.45, 2.75) is 18.1 Å². The predicted octanol–water partition coefficient (Wildman–Crippen LogP) is -2.33. The van der Waals surface area contributed by atoms with E-state index >= 15 is 0 Å². The summed E-state index contributed by atoms with van der Waals surface area (Å²) in [5.41, 5.74) is -3.16. The average Bonchev–Trinajstić information content (AvgIpc) is 2.40. The molecule has 2 atom stereocenters. The van der Waals surface area contributed by atoms with Crippen LogP contribution in [0.15, 0.2) is 15.8 Å². The van der Waals surface area contributed by atoms with Gasteiger partial charge in [-0.2, -0.15) is 13.2 Å². The zero-order chi connectivity index (χ0) is 15.7. The van der Waals surface area contributed by atoms with Crippen LogP contribution in [-0.2, 0) is 0 Å². The minimum absolute atomic E-state index is 0.0740. The molecule has 112 valence electrons. The minimum atomic E-state index is -4.70. The molecule has 0 aromatic carbocycles. The summed E-state index contributed by atoms with van der Waals surface area (Å²) in [5, 5.41) is 26.3. The molecular formula is C9H9F3N2O6. The predicted molar refractivity (Wildman–Crippen MR) is 56.0 cm³/mol. The second kappa shape index (κ2) is 5.56. The lowest BCUT2D eigenvalue weighted by Gasteiger charge is -2.24. The molecule has 0 radical (unpaired) electrons. The number of nitrogens with one attached hydrogen (secondary N) is 1. The Kier molecular flexibility index (Phi) is 4.47. The molecule has 1 aromatic rings. The highest BCUT2D eigenvalue weighted by atomic mass is 19.3. The number of aliphatic hydroxyl groups is 3. The number of nitrogens with zero attached hydrogens (tertiary/aromatic N) is 1. The Bertz CT molecular complexity index is 625. The van der Waals surface area contributed by atoms with Crippen LogP contribution in [0.3, 0.4) is 0 Å². The van der Waals surface area contributed by atoms with E-state index in [0.29, 0.717) is 0 Å². The monoisotopic (exact) mass is 298 g/mol. The molecule has 0 aliphatic carbocycles. The highest BCUT2D eigenvalue weighted by molar-refractivity contribution is 5.86. The summed E-state index contributed by atoms with van der Waals surface area (Å²) in [6.45, 7) is -1.28. The normalized spacial score (nSPS) is 14.9. The summed E-state index contributed by atoms with van der Waals surface area (Å²) in [6.07, 6.45) is -5.46. The van der Waals surface area contributed by atoms with Crippen molar-refractivity contribution in [3.63, 3.8) is 0 Å². The lowest BCUT2D eigenvalue weighted by molar-refractivity contribution is -0.136. The van der Waals surface area contributed by atoms with Gasteiger partial charge >= 0.3 is 17.5 Å². The number of alkyl halides is 2. The van der Waals surface area contributed by atoms with Crippen LogP contribution in [0.5, 0.6) is 0 Å². The molecule has 0 aliphatic heterocycles. The van der Waals surface area contributed by atoms with E-state index in [2.05, 4.69) is 0 Å². The summed E-state index contributed by atoms with van der Waals surface area (Å²) in [7, 11) is 0. The molecule has 0 amide bonds. The van der Waals surface area contributed by atoms with Gasteiger partial charge in [-0.25, -0.2) is 9.36 Å². The zero-order valence-electron chi connectivity index (χ0n) is 9.59. The molecule has 0 unspecified atom stereocenters. The Morgan fingerprint density at radius 1 is 1.40 bits per heavy atom. The van der Waals surface area contributed by atoms with Crippen molar-refractivity contribution in [3.05, 3.63) is 32.9 Å². The van der Waals surface area contributed by atoms with Gasteiger partial charge in [0.25, 0.3) is 5.56 Å². The number of aromatic amines is 1. The lowest BCUT2D eigenvalue weighted by atomic mass is 10.1. The van der Waals surface area contributed by atoms with Crippen LogP contribution in [0.4, 0.5) is 13.2 Å². The Labute approximate surface area is 107 Å². The number of carbonyl (C=O) groups is 1. The highest BCUT2D eigenvalue weighted by Gasteiger charge is 2.51. The molecule has 11 heteroatoms. The molecular weight excluding hydrogens is 289 g/mol. The van der Waals surface area contributed by atoms with Gasteiger partial charge in [-0.3, -0.25) is 14.6 Å². The van der Waals surface area contributed by atoms with Crippen molar-refractivity contribution in [1.29, 1.82) is 0 Å². The van der Waals surface area contributed by atoms with Crippen molar-refractivity contribution in [2.75, 3.05) is 6.61 Å². The standard InChI is InChI=1S/C9H9F3N2O6/c10-3-1-14(8(20)13-6(3)18)7(19)9(11,12)5(17)4(16)2-15/h1,4-5,15-17H,2H2,(H,13,18,20)/t4-,5-/m1/s1. The zero-order valence-corrected chi connectivity index (χ0v) is 9.59. The molecule has 0 fully saturated rings. The highest BCUT2D eigenvalue weighted by Crippen LogP contribution is 2.23.